The molecule has 0 aliphatic rings. The summed E-state index contributed by atoms with van der Waals surface area (Å²) in [6.07, 6.45) is 3.66. The number of pyridine rings is 2. The van der Waals surface area contributed by atoms with Crippen molar-refractivity contribution in [2.24, 2.45) is 0 Å². The Morgan fingerprint density at radius 2 is 0.700 bits per heavy atom. The number of halogens is 12. The van der Waals surface area contributed by atoms with Crippen molar-refractivity contribution in [3.63, 3.8) is 0 Å². The Morgan fingerprint density at radius 1 is 0.483 bits per heavy atom. The van der Waals surface area contributed by atoms with Gasteiger partial charge in [-0.15, -0.1) is 9.34 Å². The van der Waals surface area contributed by atoms with Gasteiger partial charge in [-0.2, -0.15) is 10.5 Å². The van der Waals surface area contributed by atoms with Gasteiger partial charge in [0.05, 0.1) is 12.1 Å². The summed E-state index contributed by atoms with van der Waals surface area (Å²) < 4.78 is 136. The van der Waals surface area contributed by atoms with E-state index in [9.17, 15) is 50.4 Å². The Morgan fingerprint density at radius 3 is 0.883 bits per heavy atom. The second-order valence-electron chi connectivity index (χ2n) is 10.6. The fourth-order valence-electron chi connectivity index (χ4n) is 3.76. The Hall–Kier alpha value is -2.84. The van der Waals surface area contributed by atoms with Gasteiger partial charge >= 0.3 is 117 Å². The average Bonchev–Trinajstić information content (AvgIpc) is 3.12. The molecule has 4 aromatic rings. The number of hydrogen-bond acceptors (Lipinski definition) is 8. The summed E-state index contributed by atoms with van der Waals surface area (Å²) in [5, 5.41) is 14.6. The fraction of sp³-hybridized carbons (Fsp3) is 0.294. The van der Waals surface area contributed by atoms with Gasteiger partial charge in [0, 0.05) is 64.6 Å². The summed E-state index contributed by atoms with van der Waals surface area (Å²) in [7, 11) is -23.9. The minimum atomic E-state index is -10.7. The van der Waals surface area contributed by atoms with E-state index in [1.165, 1.54) is 13.8 Å². The first-order valence-corrected chi connectivity index (χ1v) is 23.5. The molecule has 8 nitrogen and oxygen atoms in total. The van der Waals surface area contributed by atoms with Crippen molar-refractivity contribution in [3.05, 3.63) is 109 Å². The predicted molar refractivity (Wildman–Crippen MR) is 214 cm³/mol. The molecule has 0 aliphatic heterocycles. The van der Waals surface area contributed by atoms with E-state index in [4.69, 9.17) is 19.6 Å². The molecule has 2 heterocycles. The van der Waals surface area contributed by atoms with Crippen molar-refractivity contribution in [1.82, 2.24) is 19.3 Å². The topological polar surface area (TPSA) is 98.3 Å². The second kappa shape index (κ2) is 27.3. The Labute approximate surface area is 365 Å². The monoisotopic (exact) mass is 1050 g/mol. The molecule has 0 bridgehead atoms. The summed E-state index contributed by atoms with van der Waals surface area (Å²) >= 11 is 0. The second-order valence-corrected chi connectivity index (χ2v) is 18.3. The largest absolute Gasteiger partial charge is 1.00 e. The minimum absolute atomic E-state index is 0. The Kier molecular flexibility index (Phi) is 29.0. The maximum Gasteiger partial charge on any atom is 1.00 e. The van der Waals surface area contributed by atoms with Crippen LogP contribution in [0.25, 0.3) is 0 Å². The minimum Gasteiger partial charge on any atom is 1.00 e. The van der Waals surface area contributed by atoms with Gasteiger partial charge in [0.1, 0.15) is 0 Å². The molecular weight excluding hydrogens is 1000 g/mol. The quantitative estimate of drug-likeness (QED) is 0.0786. The molecule has 2 aromatic heterocycles. The zero-order valence-electron chi connectivity index (χ0n) is 32.8. The maximum absolute atomic E-state index is 10.7. The van der Waals surface area contributed by atoms with Gasteiger partial charge in [-0.05, 0) is 64.1 Å². The van der Waals surface area contributed by atoms with Crippen LogP contribution in [0.5, 0.6) is 11.5 Å². The molecular formula is C34H46Cu2F12N6O2P4+2. The molecule has 4 rings (SSSR count). The standard InChI is InChI=1S/2C15H19N2OP.2C2H3N.2Cu.2F6P/c2*1-3-17(4-2)19(15-12-8-9-13-16-15)18-14-10-6-5-7-11-14;2*1-2-3;;;2*1-7(2,3,4,5)6/h2*5-13H,3-4H2,1-2H3;2*1H3;;;;/q;;;;2*+1;2*-1/p+2. The van der Waals surface area contributed by atoms with E-state index in [1.54, 1.807) is 12.1 Å². The van der Waals surface area contributed by atoms with Crippen LogP contribution in [0.3, 0.4) is 0 Å². The third-order valence-corrected chi connectivity index (χ3v) is 10.5. The summed E-state index contributed by atoms with van der Waals surface area (Å²) in [6.45, 7) is 15.4. The van der Waals surface area contributed by atoms with Crippen LogP contribution >= 0.6 is 32.2 Å². The summed E-state index contributed by atoms with van der Waals surface area (Å²) in [6, 6.07) is 35.5. The molecule has 0 amide bonds. The van der Waals surface area contributed by atoms with Crippen LogP contribution in [0, 0.1) is 22.7 Å². The third kappa shape index (κ3) is 43.3. The molecule has 0 fully saturated rings. The number of aromatic nitrogens is 2. The molecule has 0 spiro atoms. The van der Waals surface area contributed by atoms with Crippen LogP contribution in [0.15, 0.2) is 109 Å². The molecule has 0 saturated carbocycles. The van der Waals surface area contributed by atoms with Crippen molar-refractivity contribution in [1.29, 1.82) is 10.5 Å². The fourth-order valence-corrected chi connectivity index (χ4v) is 7.59. The first-order valence-electron chi connectivity index (χ1n) is 16.7. The maximum atomic E-state index is 9.87. The van der Waals surface area contributed by atoms with Gasteiger partial charge < -0.3 is 9.05 Å². The van der Waals surface area contributed by atoms with E-state index in [1.807, 2.05) is 97.3 Å². The van der Waals surface area contributed by atoms with Crippen molar-refractivity contribution >= 4 is 43.1 Å². The normalized spacial score (nSPS) is 13.5. The molecule has 60 heavy (non-hydrogen) atoms. The molecule has 0 aliphatic carbocycles. The van der Waals surface area contributed by atoms with E-state index in [-0.39, 0.29) is 34.1 Å². The molecule has 2 unspecified atom stereocenters. The number of hydrogen-bond donors (Lipinski definition) is 0. The van der Waals surface area contributed by atoms with Gasteiger partial charge in [-0.1, -0.05) is 48.5 Å². The van der Waals surface area contributed by atoms with E-state index in [0.29, 0.717) is 0 Å². The van der Waals surface area contributed by atoms with Crippen molar-refractivity contribution in [3.8, 4) is 23.6 Å². The summed E-state index contributed by atoms with van der Waals surface area (Å²) in [5.41, 5.74) is 2.08. The first kappa shape index (κ1) is 63.8. The molecule has 2 atom stereocenters. The van der Waals surface area contributed by atoms with E-state index in [2.05, 4.69) is 59.1 Å². The third-order valence-electron chi connectivity index (χ3n) is 5.78. The van der Waals surface area contributed by atoms with Gasteiger partial charge in [0.25, 0.3) is 0 Å². The average molecular weight is 1050 g/mol. The van der Waals surface area contributed by atoms with Crippen molar-refractivity contribution < 1.29 is 93.5 Å². The molecule has 0 radical (unpaired) electrons. The predicted octanol–water partition coefficient (Wildman–Crippen LogP) is 14.2. The molecule has 2 aromatic carbocycles. The van der Waals surface area contributed by atoms with E-state index < -0.39 is 32.2 Å². The van der Waals surface area contributed by atoms with E-state index >= 15 is 0 Å². The Balaban J connectivity index is -0.000000356. The first-order chi connectivity index (χ1) is 26.4. The molecule has 26 heteroatoms. The van der Waals surface area contributed by atoms with Gasteiger partial charge in [0.2, 0.25) is 10.9 Å². The van der Waals surface area contributed by atoms with Gasteiger partial charge in [-0.25, -0.2) is 9.97 Å². The number of benzene rings is 2. The van der Waals surface area contributed by atoms with Crippen LogP contribution < -0.4 is 19.9 Å². The van der Waals surface area contributed by atoms with Crippen LogP contribution in [-0.2, 0) is 34.1 Å². The van der Waals surface area contributed by atoms with Crippen LogP contribution in [-0.4, -0.2) is 45.5 Å². The number of para-hydroxylation sites is 2. The smallest absolute Gasteiger partial charge is 1.00 e. The number of nitriles is 2. The van der Waals surface area contributed by atoms with Crippen LogP contribution in [0.2, 0.25) is 0 Å². The Bertz CT molecular complexity index is 1630. The van der Waals surface area contributed by atoms with Crippen LogP contribution in [0.1, 0.15) is 41.5 Å². The van der Waals surface area contributed by atoms with E-state index in [0.717, 1.165) is 48.5 Å². The van der Waals surface area contributed by atoms with Gasteiger partial charge in [-0.3, -0.25) is 0 Å². The number of nitrogens with zero attached hydrogens (tertiary/aromatic N) is 6. The molecule has 348 valence electrons. The van der Waals surface area contributed by atoms with Gasteiger partial charge in [0.15, 0.2) is 11.5 Å². The summed E-state index contributed by atoms with van der Waals surface area (Å²) in [4.78, 5) is 8.94. The zero-order chi connectivity index (χ0) is 45.2. The number of rotatable bonds is 12. The van der Waals surface area contributed by atoms with Crippen LogP contribution in [0.4, 0.5) is 50.4 Å². The molecule has 0 saturated heterocycles. The molecule has 0 N–H and O–H groups in total. The summed E-state index contributed by atoms with van der Waals surface area (Å²) in [5.74, 6) is 1.82. The zero-order valence-corrected chi connectivity index (χ0v) is 38.4. The SMILES string of the molecule is CC#N.CC#N.CCN(CC)[PH+](Oc1ccccc1)c1ccccn1.CCN(CC)[PH+](Oc1ccccc1)c1ccccn1.F[P-](F)(F)(F)(F)F.F[P-](F)(F)(F)(F)F.[Cu+].[Cu+]. The van der Waals surface area contributed by atoms with Crippen molar-refractivity contribution in [2.45, 2.75) is 41.5 Å². The van der Waals surface area contributed by atoms with Crippen molar-refractivity contribution in [2.75, 3.05) is 26.2 Å².